The first kappa shape index (κ1) is 19.9. The van der Waals surface area contributed by atoms with Gasteiger partial charge in [-0.15, -0.1) is 22.0 Å². The van der Waals surface area contributed by atoms with Gasteiger partial charge in [0.2, 0.25) is 16.9 Å². The topological polar surface area (TPSA) is 121 Å². The maximum absolute atomic E-state index is 12.2. The number of carbonyl (C=O) groups is 3. The second-order valence-corrected chi connectivity index (χ2v) is 7.94. The van der Waals surface area contributed by atoms with E-state index in [2.05, 4.69) is 20.8 Å². The number of nitrogens with zero attached hydrogens (tertiary/aromatic N) is 2. The first-order chi connectivity index (χ1) is 12.3. The summed E-state index contributed by atoms with van der Waals surface area (Å²) in [7, 11) is 0. The smallest absolute Gasteiger partial charge is 0.303 e. The van der Waals surface area contributed by atoms with Gasteiger partial charge in [0.25, 0.3) is 0 Å². The molecule has 3 N–H and O–H groups in total. The molecule has 10 heteroatoms. The molecule has 0 aliphatic carbocycles. The van der Waals surface area contributed by atoms with Crippen LogP contribution in [0, 0.1) is 6.92 Å². The summed E-state index contributed by atoms with van der Waals surface area (Å²) >= 11 is 2.64. The highest BCUT2D eigenvalue weighted by molar-refractivity contribution is 8.00. The van der Waals surface area contributed by atoms with Crippen molar-refractivity contribution in [3.8, 4) is 0 Å². The molecule has 138 valence electrons. The van der Waals surface area contributed by atoms with E-state index in [-0.39, 0.29) is 29.9 Å². The first-order valence-corrected chi connectivity index (χ1v) is 9.42. The molecule has 0 spiro atoms. The second kappa shape index (κ2) is 9.30. The third-order valence-electron chi connectivity index (χ3n) is 3.12. The normalized spacial score (nSPS) is 11.6. The molecule has 0 aliphatic heterocycles. The van der Waals surface area contributed by atoms with Gasteiger partial charge in [-0.3, -0.25) is 19.7 Å². The van der Waals surface area contributed by atoms with Gasteiger partial charge >= 0.3 is 5.97 Å². The summed E-state index contributed by atoms with van der Waals surface area (Å²) in [6.07, 6.45) is -0.310. The van der Waals surface area contributed by atoms with Gasteiger partial charge in [0.1, 0.15) is 5.01 Å². The Morgan fingerprint density at radius 2 is 2.00 bits per heavy atom. The van der Waals surface area contributed by atoms with Crippen molar-refractivity contribution >= 4 is 51.7 Å². The van der Waals surface area contributed by atoms with Gasteiger partial charge in [-0.1, -0.05) is 17.4 Å². The van der Waals surface area contributed by atoms with Gasteiger partial charge in [0.05, 0.1) is 11.7 Å². The van der Waals surface area contributed by atoms with Crippen molar-refractivity contribution in [1.82, 2.24) is 10.2 Å². The van der Waals surface area contributed by atoms with Crippen LogP contribution < -0.4 is 10.6 Å². The van der Waals surface area contributed by atoms with E-state index >= 15 is 0 Å². The van der Waals surface area contributed by atoms with Crippen LogP contribution in [0.3, 0.4) is 0 Å². The molecule has 1 aromatic heterocycles. The molecule has 0 aliphatic rings. The average Bonchev–Trinajstić information content (AvgIpc) is 2.98. The van der Waals surface area contributed by atoms with Crippen molar-refractivity contribution < 1.29 is 19.5 Å². The number of carbonyl (C=O) groups excluding carboxylic acids is 2. The lowest BCUT2D eigenvalue weighted by Gasteiger charge is -2.11. The van der Waals surface area contributed by atoms with Crippen LogP contribution in [0.25, 0.3) is 0 Å². The van der Waals surface area contributed by atoms with E-state index < -0.39 is 5.97 Å². The van der Waals surface area contributed by atoms with E-state index in [4.69, 9.17) is 5.11 Å². The molecule has 2 rings (SSSR count). The fourth-order valence-corrected chi connectivity index (χ4v) is 3.42. The van der Waals surface area contributed by atoms with Gasteiger partial charge in [0.15, 0.2) is 0 Å². The molecule has 1 heterocycles. The number of aryl methyl sites for hydroxylation is 1. The van der Waals surface area contributed by atoms with Crippen LogP contribution in [-0.4, -0.2) is 38.3 Å². The first-order valence-electron chi connectivity index (χ1n) is 7.73. The molecule has 0 fully saturated rings. The number of carboxylic acid groups (broad SMARTS) is 1. The highest BCUT2D eigenvalue weighted by Crippen LogP contribution is 2.27. The van der Waals surface area contributed by atoms with Crippen LogP contribution in [-0.2, 0) is 14.4 Å². The molecular formula is C16H18N4O4S2. The number of rotatable bonds is 8. The minimum Gasteiger partial charge on any atom is -0.481 e. The zero-order valence-electron chi connectivity index (χ0n) is 14.2. The number of benzene rings is 1. The number of anilines is 2. The fraction of sp³-hybridized carbons (Fsp3) is 0.312. The summed E-state index contributed by atoms with van der Waals surface area (Å²) in [4.78, 5) is 35.2. The molecule has 2 aromatic rings. The number of hydrogen-bond acceptors (Lipinski definition) is 7. The summed E-state index contributed by atoms with van der Waals surface area (Å²) in [6.45, 7) is 3.58. The minimum absolute atomic E-state index is 0.0905. The van der Waals surface area contributed by atoms with Gasteiger partial charge in [-0.2, -0.15) is 0 Å². The Balaban J connectivity index is 1.91. The van der Waals surface area contributed by atoms with E-state index in [0.29, 0.717) is 10.8 Å². The minimum atomic E-state index is -1.02. The Morgan fingerprint density at radius 3 is 2.65 bits per heavy atom. The van der Waals surface area contributed by atoms with E-state index in [1.54, 1.807) is 25.1 Å². The monoisotopic (exact) mass is 394 g/mol. The maximum atomic E-state index is 12.2. The Bertz CT molecular complexity index is 809. The van der Waals surface area contributed by atoms with E-state index in [0.717, 1.165) is 9.90 Å². The lowest BCUT2D eigenvalue weighted by molar-refractivity contribution is -0.138. The van der Waals surface area contributed by atoms with Gasteiger partial charge in [-0.05, 0) is 32.0 Å². The average molecular weight is 394 g/mol. The quantitative estimate of drug-likeness (QED) is 0.589. The van der Waals surface area contributed by atoms with Gasteiger partial charge in [-0.25, -0.2) is 0 Å². The SMILES string of the molecule is Cc1nnc(NC(=O)C(C)Sc2cccc(NC(=O)CCC(=O)O)c2)s1. The standard InChI is InChI=1S/C16H18N4O4S2/c1-9(15(24)18-16-20-19-10(2)26-16)25-12-5-3-4-11(8-12)17-13(21)6-7-14(22)23/h3-5,8-9H,6-7H2,1-2H3,(H,17,21)(H,22,23)(H,18,20,24). The van der Waals surface area contributed by atoms with Crippen LogP contribution in [0.2, 0.25) is 0 Å². The predicted molar refractivity (Wildman–Crippen MR) is 101 cm³/mol. The predicted octanol–water partition coefficient (Wildman–Crippen LogP) is 2.77. The third kappa shape index (κ3) is 6.45. The van der Waals surface area contributed by atoms with Crippen molar-refractivity contribution in [2.45, 2.75) is 36.8 Å². The summed E-state index contributed by atoms with van der Waals surface area (Å²) < 4.78 is 0. The number of aliphatic carboxylic acids is 1. The third-order valence-corrected chi connectivity index (χ3v) is 4.97. The van der Waals surface area contributed by atoms with Crippen molar-refractivity contribution in [2.75, 3.05) is 10.6 Å². The number of nitrogens with one attached hydrogen (secondary N) is 2. The molecule has 0 saturated carbocycles. The van der Waals surface area contributed by atoms with Crippen LogP contribution in [0.5, 0.6) is 0 Å². The Morgan fingerprint density at radius 1 is 1.23 bits per heavy atom. The Kier molecular flexibility index (Phi) is 7.10. The Hall–Kier alpha value is -2.46. The zero-order valence-corrected chi connectivity index (χ0v) is 15.8. The molecule has 2 amide bonds. The van der Waals surface area contributed by atoms with E-state index in [1.165, 1.54) is 23.1 Å². The Labute approximate surface area is 158 Å². The summed E-state index contributed by atoms with van der Waals surface area (Å²) in [5, 5.41) is 22.5. The number of carboxylic acids is 1. The second-order valence-electron chi connectivity index (χ2n) is 5.35. The van der Waals surface area contributed by atoms with Crippen LogP contribution >= 0.6 is 23.1 Å². The molecule has 8 nitrogen and oxygen atoms in total. The maximum Gasteiger partial charge on any atom is 0.303 e. The lowest BCUT2D eigenvalue weighted by atomic mass is 10.2. The number of thioether (sulfide) groups is 1. The van der Waals surface area contributed by atoms with Crippen LogP contribution in [0.1, 0.15) is 24.8 Å². The number of aromatic nitrogens is 2. The number of amides is 2. The largest absolute Gasteiger partial charge is 0.481 e. The zero-order chi connectivity index (χ0) is 19.1. The lowest BCUT2D eigenvalue weighted by Crippen LogP contribution is -2.22. The van der Waals surface area contributed by atoms with Crippen molar-refractivity contribution in [2.24, 2.45) is 0 Å². The number of hydrogen-bond donors (Lipinski definition) is 3. The van der Waals surface area contributed by atoms with E-state index in [1.807, 2.05) is 13.0 Å². The fourth-order valence-electron chi connectivity index (χ4n) is 1.90. The van der Waals surface area contributed by atoms with Crippen LogP contribution in [0.4, 0.5) is 10.8 Å². The van der Waals surface area contributed by atoms with Crippen LogP contribution in [0.15, 0.2) is 29.2 Å². The summed E-state index contributed by atoms with van der Waals surface area (Å²) in [6, 6.07) is 7.03. The summed E-state index contributed by atoms with van der Waals surface area (Å²) in [5.41, 5.74) is 0.553. The molecule has 0 saturated heterocycles. The summed E-state index contributed by atoms with van der Waals surface area (Å²) in [5.74, 6) is -1.58. The van der Waals surface area contributed by atoms with Crippen molar-refractivity contribution in [1.29, 1.82) is 0 Å². The van der Waals surface area contributed by atoms with Gasteiger partial charge in [0, 0.05) is 17.0 Å². The molecule has 1 unspecified atom stereocenters. The van der Waals surface area contributed by atoms with E-state index in [9.17, 15) is 14.4 Å². The molecule has 1 atom stereocenters. The van der Waals surface area contributed by atoms with Gasteiger partial charge < -0.3 is 10.4 Å². The molecule has 26 heavy (non-hydrogen) atoms. The highest BCUT2D eigenvalue weighted by Gasteiger charge is 2.16. The van der Waals surface area contributed by atoms with Crippen molar-refractivity contribution in [3.05, 3.63) is 29.3 Å². The molecule has 1 aromatic carbocycles. The highest BCUT2D eigenvalue weighted by atomic mass is 32.2. The molecule has 0 bridgehead atoms. The molecule has 0 radical (unpaired) electrons. The van der Waals surface area contributed by atoms with Crippen molar-refractivity contribution in [3.63, 3.8) is 0 Å². The molecular weight excluding hydrogens is 376 g/mol.